The lowest BCUT2D eigenvalue weighted by molar-refractivity contribution is 0.171. The van der Waals surface area contributed by atoms with Crippen molar-refractivity contribution in [2.45, 2.75) is 26.3 Å². The van der Waals surface area contributed by atoms with Gasteiger partial charge in [0.05, 0.1) is 0 Å². The number of nitrogens with two attached hydrogens (primary N) is 1. The standard InChI is InChI=1S/C14H21ClN2/c1-11-4-5-13(14(15)7-11)10-17-6-2-3-12(8-16)9-17/h4-5,7,12H,2-3,6,8-10,16H2,1H3/t12-/m1/s1. The average molecular weight is 253 g/mol. The molecular formula is C14H21ClN2. The normalized spacial score (nSPS) is 21.7. The third-order valence-corrected chi connectivity index (χ3v) is 3.89. The first-order chi connectivity index (χ1) is 8.19. The molecule has 2 rings (SSSR count). The Bertz CT molecular complexity index is 378. The number of aryl methyl sites for hydroxylation is 1. The van der Waals surface area contributed by atoms with Gasteiger partial charge in [-0.2, -0.15) is 0 Å². The van der Waals surface area contributed by atoms with Gasteiger partial charge in [-0.25, -0.2) is 0 Å². The molecule has 1 aromatic carbocycles. The highest BCUT2D eigenvalue weighted by Gasteiger charge is 2.19. The second-order valence-corrected chi connectivity index (χ2v) is 5.48. The summed E-state index contributed by atoms with van der Waals surface area (Å²) in [5.41, 5.74) is 8.21. The molecule has 2 nitrogen and oxygen atoms in total. The average Bonchev–Trinajstić information content (AvgIpc) is 2.33. The van der Waals surface area contributed by atoms with E-state index in [-0.39, 0.29) is 0 Å². The highest BCUT2D eigenvalue weighted by atomic mass is 35.5. The molecular weight excluding hydrogens is 232 g/mol. The van der Waals surface area contributed by atoms with Crippen molar-refractivity contribution in [1.29, 1.82) is 0 Å². The largest absolute Gasteiger partial charge is 0.330 e. The molecule has 1 heterocycles. The summed E-state index contributed by atoms with van der Waals surface area (Å²) >= 11 is 6.27. The SMILES string of the molecule is Cc1ccc(CN2CCC[C@H](CN)C2)c(Cl)c1. The highest BCUT2D eigenvalue weighted by molar-refractivity contribution is 6.31. The van der Waals surface area contributed by atoms with Crippen molar-refractivity contribution in [3.8, 4) is 0 Å². The first kappa shape index (κ1) is 12.9. The van der Waals surface area contributed by atoms with Crippen molar-refractivity contribution in [2.24, 2.45) is 11.7 Å². The zero-order valence-electron chi connectivity index (χ0n) is 10.5. The maximum atomic E-state index is 6.27. The molecule has 3 heteroatoms. The van der Waals surface area contributed by atoms with E-state index >= 15 is 0 Å². The van der Waals surface area contributed by atoms with Crippen LogP contribution >= 0.6 is 11.6 Å². The van der Waals surface area contributed by atoms with Gasteiger partial charge < -0.3 is 5.73 Å². The van der Waals surface area contributed by atoms with Gasteiger partial charge in [0.1, 0.15) is 0 Å². The summed E-state index contributed by atoms with van der Waals surface area (Å²) in [6, 6.07) is 6.32. The molecule has 1 atom stereocenters. The molecule has 17 heavy (non-hydrogen) atoms. The summed E-state index contributed by atoms with van der Waals surface area (Å²) in [6.45, 7) is 6.11. The molecule has 94 valence electrons. The predicted molar refractivity (Wildman–Crippen MR) is 73.2 cm³/mol. The van der Waals surface area contributed by atoms with E-state index < -0.39 is 0 Å². The number of halogens is 1. The van der Waals surface area contributed by atoms with Crippen molar-refractivity contribution < 1.29 is 0 Å². The van der Waals surface area contributed by atoms with Gasteiger partial charge in [0.25, 0.3) is 0 Å². The molecule has 1 saturated heterocycles. The summed E-state index contributed by atoms with van der Waals surface area (Å²) < 4.78 is 0. The minimum Gasteiger partial charge on any atom is -0.330 e. The summed E-state index contributed by atoms with van der Waals surface area (Å²) in [5, 5.41) is 0.889. The van der Waals surface area contributed by atoms with Crippen LogP contribution in [0.2, 0.25) is 5.02 Å². The molecule has 1 aliphatic rings. The first-order valence-corrected chi connectivity index (χ1v) is 6.74. The fourth-order valence-electron chi connectivity index (χ4n) is 2.51. The van der Waals surface area contributed by atoms with Crippen molar-refractivity contribution in [2.75, 3.05) is 19.6 Å². The van der Waals surface area contributed by atoms with E-state index in [0.717, 1.165) is 24.7 Å². The Morgan fingerprint density at radius 2 is 2.29 bits per heavy atom. The van der Waals surface area contributed by atoms with Crippen molar-refractivity contribution in [3.63, 3.8) is 0 Å². The third kappa shape index (κ3) is 3.44. The lowest BCUT2D eigenvalue weighted by atomic mass is 9.98. The van der Waals surface area contributed by atoms with Crippen LogP contribution in [0, 0.1) is 12.8 Å². The van der Waals surface area contributed by atoms with Gasteiger partial charge in [-0.1, -0.05) is 23.7 Å². The molecule has 0 aliphatic carbocycles. The van der Waals surface area contributed by atoms with E-state index in [9.17, 15) is 0 Å². The molecule has 0 amide bonds. The molecule has 0 radical (unpaired) electrons. The summed E-state index contributed by atoms with van der Waals surface area (Å²) in [7, 11) is 0. The number of piperidine rings is 1. The molecule has 0 spiro atoms. The third-order valence-electron chi connectivity index (χ3n) is 3.54. The van der Waals surface area contributed by atoms with Crippen LogP contribution in [0.3, 0.4) is 0 Å². The summed E-state index contributed by atoms with van der Waals surface area (Å²) in [4.78, 5) is 2.47. The van der Waals surface area contributed by atoms with Crippen LogP contribution in [0.1, 0.15) is 24.0 Å². The number of hydrogen-bond donors (Lipinski definition) is 1. The molecule has 2 N–H and O–H groups in total. The van der Waals surface area contributed by atoms with Crippen molar-refractivity contribution in [3.05, 3.63) is 34.3 Å². The van der Waals surface area contributed by atoms with Crippen LogP contribution in [0.4, 0.5) is 0 Å². The van der Waals surface area contributed by atoms with Gasteiger partial charge in [0.2, 0.25) is 0 Å². The number of benzene rings is 1. The van der Waals surface area contributed by atoms with Crippen molar-refractivity contribution in [1.82, 2.24) is 4.90 Å². The number of hydrogen-bond acceptors (Lipinski definition) is 2. The first-order valence-electron chi connectivity index (χ1n) is 6.36. The van der Waals surface area contributed by atoms with Crippen LogP contribution in [-0.2, 0) is 6.54 Å². The van der Waals surface area contributed by atoms with E-state index in [4.69, 9.17) is 17.3 Å². The van der Waals surface area contributed by atoms with Crippen LogP contribution in [0.5, 0.6) is 0 Å². The molecule has 1 aliphatic heterocycles. The van der Waals surface area contributed by atoms with Crippen LogP contribution in [0.25, 0.3) is 0 Å². The van der Waals surface area contributed by atoms with Gasteiger partial charge in [-0.05, 0) is 56.0 Å². The number of likely N-dealkylation sites (tertiary alicyclic amines) is 1. The van der Waals surface area contributed by atoms with E-state index in [1.165, 1.54) is 30.5 Å². The topological polar surface area (TPSA) is 29.3 Å². The maximum absolute atomic E-state index is 6.27. The molecule has 0 aromatic heterocycles. The molecule has 1 aromatic rings. The minimum atomic E-state index is 0.660. The maximum Gasteiger partial charge on any atom is 0.0453 e. The van der Waals surface area contributed by atoms with E-state index in [1.807, 2.05) is 6.07 Å². The Kier molecular flexibility index (Phi) is 4.43. The monoisotopic (exact) mass is 252 g/mol. The van der Waals surface area contributed by atoms with Gasteiger partial charge in [0, 0.05) is 18.1 Å². The van der Waals surface area contributed by atoms with Gasteiger partial charge in [-0.3, -0.25) is 4.90 Å². The summed E-state index contributed by atoms with van der Waals surface area (Å²) in [6.07, 6.45) is 2.53. The zero-order valence-corrected chi connectivity index (χ0v) is 11.2. The van der Waals surface area contributed by atoms with E-state index in [2.05, 4.69) is 24.0 Å². The smallest absolute Gasteiger partial charge is 0.0453 e. The zero-order chi connectivity index (χ0) is 12.3. The lowest BCUT2D eigenvalue weighted by Crippen LogP contribution is -2.37. The molecule has 1 fully saturated rings. The minimum absolute atomic E-state index is 0.660. The Hall–Kier alpha value is -0.570. The fourth-order valence-corrected chi connectivity index (χ4v) is 2.80. The number of rotatable bonds is 3. The van der Waals surface area contributed by atoms with E-state index in [0.29, 0.717) is 5.92 Å². The Balaban J connectivity index is 2.00. The predicted octanol–water partition coefficient (Wildman–Crippen LogP) is 2.82. The van der Waals surface area contributed by atoms with Crippen LogP contribution < -0.4 is 5.73 Å². The second-order valence-electron chi connectivity index (χ2n) is 5.07. The van der Waals surface area contributed by atoms with Gasteiger partial charge in [0.15, 0.2) is 0 Å². The number of nitrogens with zero attached hydrogens (tertiary/aromatic N) is 1. The second kappa shape index (κ2) is 5.85. The lowest BCUT2D eigenvalue weighted by Gasteiger charge is -2.32. The molecule has 0 unspecified atom stereocenters. The van der Waals surface area contributed by atoms with Crippen molar-refractivity contribution >= 4 is 11.6 Å². The van der Waals surface area contributed by atoms with Crippen LogP contribution in [-0.4, -0.2) is 24.5 Å². The Morgan fingerprint density at radius 3 is 3.00 bits per heavy atom. The molecule has 0 bridgehead atoms. The quantitative estimate of drug-likeness (QED) is 0.897. The van der Waals surface area contributed by atoms with Gasteiger partial charge in [-0.15, -0.1) is 0 Å². The summed E-state index contributed by atoms with van der Waals surface area (Å²) in [5.74, 6) is 0.660. The Labute approximate surface area is 109 Å². The highest BCUT2D eigenvalue weighted by Crippen LogP contribution is 2.22. The molecule has 0 saturated carbocycles. The van der Waals surface area contributed by atoms with E-state index in [1.54, 1.807) is 0 Å². The van der Waals surface area contributed by atoms with Crippen LogP contribution in [0.15, 0.2) is 18.2 Å². The Morgan fingerprint density at radius 1 is 1.47 bits per heavy atom. The fraction of sp³-hybridized carbons (Fsp3) is 0.571. The van der Waals surface area contributed by atoms with Gasteiger partial charge >= 0.3 is 0 Å².